The standard InChI is InChI=1S/C10H19N/c1-3-5-6-7-8-10-11-9-4-2/h3,6-7,11H,1,4-5,8-10H2,2H3. The van der Waals surface area contributed by atoms with Gasteiger partial charge in [0.15, 0.2) is 0 Å². The van der Waals surface area contributed by atoms with Gasteiger partial charge in [-0.3, -0.25) is 0 Å². The second-order valence-corrected chi connectivity index (χ2v) is 2.53. The van der Waals surface area contributed by atoms with E-state index in [2.05, 4.69) is 31.0 Å². The van der Waals surface area contributed by atoms with Crippen molar-refractivity contribution >= 4 is 0 Å². The molecule has 0 bridgehead atoms. The van der Waals surface area contributed by atoms with Crippen molar-refractivity contribution in [2.75, 3.05) is 13.1 Å². The van der Waals surface area contributed by atoms with E-state index in [9.17, 15) is 0 Å². The Hall–Kier alpha value is -0.560. The van der Waals surface area contributed by atoms with E-state index >= 15 is 0 Å². The quantitative estimate of drug-likeness (QED) is 0.438. The smallest absolute Gasteiger partial charge is 0.00143 e. The first-order chi connectivity index (χ1) is 5.41. The first-order valence-corrected chi connectivity index (χ1v) is 4.38. The topological polar surface area (TPSA) is 12.0 Å². The maximum atomic E-state index is 3.64. The first kappa shape index (κ1) is 10.4. The predicted molar refractivity (Wildman–Crippen MR) is 51.7 cm³/mol. The highest BCUT2D eigenvalue weighted by Gasteiger charge is 1.80. The van der Waals surface area contributed by atoms with Gasteiger partial charge in [-0.05, 0) is 32.4 Å². The van der Waals surface area contributed by atoms with Crippen molar-refractivity contribution in [2.24, 2.45) is 0 Å². The molecule has 0 aliphatic heterocycles. The van der Waals surface area contributed by atoms with Crippen molar-refractivity contribution in [3.05, 3.63) is 24.8 Å². The van der Waals surface area contributed by atoms with Crippen molar-refractivity contribution < 1.29 is 0 Å². The normalized spacial score (nSPS) is 10.6. The molecule has 1 nitrogen and oxygen atoms in total. The van der Waals surface area contributed by atoms with E-state index < -0.39 is 0 Å². The summed E-state index contributed by atoms with van der Waals surface area (Å²) >= 11 is 0. The van der Waals surface area contributed by atoms with Gasteiger partial charge in [-0.1, -0.05) is 25.2 Å². The molecular weight excluding hydrogens is 134 g/mol. The molecule has 0 aliphatic carbocycles. The molecule has 0 aromatic heterocycles. The van der Waals surface area contributed by atoms with Crippen LogP contribution in [0, 0.1) is 0 Å². The van der Waals surface area contributed by atoms with Crippen LogP contribution in [0.25, 0.3) is 0 Å². The van der Waals surface area contributed by atoms with Gasteiger partial charge in [0.25, 0.3) is 0 Å². The van der Waals surface area contributed by atoms with Crippen LogP contribution in [0.1, 0.15) is 26.2 Å². The van der Waals surface area contributed by atoms with Gasteiger partial charge in [0.2, 0.25) is 0 Å². The molecule has 0 atom stereocenters. The van der Waals surface area contributed by atoms with Crippen LogP contribution in [0.15, 0.2) is 24.8 Å². The zero-order chi connectivity index (χ0) is 8.36. The lowest BCUT2D eigenvalue weighted by Gasteiger charge is -1.97. The minimum atomic E-state index is 0.994. The molecule has 11 heavy (non-hydrogen) atoms. The summed E-state index contributed by atoms with van der Waals surface area (Å²) in [7, 11) is 0. The average Bonchev–Trinajstić information content (AvgIpc) is 2.03. The summed E-state index contributed by atoms with van der Waals surface area (Å²) in [6.45, 7) is 8.06. The first-order valence-electron chi connectivity index (χ1n) is 4.38. The summed E-state index contributed by atoms with van der Waals surface area (Å²) in [4.78, 5) is 0. The van der Waals surface area contributed by atoms with Crippen molar-refractivity contribution in [1.82, 2.24) is 5.32 Å². The fourth-order valence-electron chi connectivity index (χ4n) is 0.797. The third-order valence-electron chi connectivity index (χ3n) is 1.38. The van der Waals surface area contributed by atoms with Gasteiger partial charge in [-0.15, -0.1) is 6.58 Å². The second kappa shape index (κ2) is 9.44. The largest absolute Gasteiger partial charge is 0.316 e. The molecule has 0 radical (unpaired) electrons. The maximum Gasteiger partial charge on any atom is -0.00143 e. The third kappa shape index (κ3) is 9.44. The molecule has 0 aliphatic rings. The van der Waals surface area contributed by atoms with Crippen LogP contribution in [0.2, 0.25) is 0 Å². The molecule has 1 heteroatoms. The monoisotopic (exact) mass is 153 g/mol. The number of rotatable bonds is 7. The Labute approximate surface area is 70.2 Å². The molecule has 64 valence electrons. The minimum Gasteiger partial charge on any atom is -0.316 e. The summed E-state index contributed by atoms with van der Waals surface area (Å²) in [6, 6.07) is 0. The van der Waals surface area contributed by atoms with Gasteiger partial charge in [0, 0.05) is 0 Å². The highest BCUT2D eigenvalue weighted by atomic mass is 14.8. The fourth-order valence-corrected chi connectivity index (χ4v) is 0.797. The molecule has 0 fully saturated rings. The second-order valence-electron chi connectivity index (χ2n) is 2.53. The van der Waals surface area contributed by atoms with E-state index in [1.807, 2.05) is 6.08 Å². The number of hydrogen-bond acceptors (Lipinski definition) is 1. The Morgan fingerprint density at radius 3 is 2.73 bits per heavy atom. The molecule has 0 saturated carbocycles. The van der Waals surface area contributed by atoms with Crippen LogP contribution >= 0.6 is 0 Å². The highest BCUT2D eigenvalue weighted by Crippen LogP contribution is 1.86. The van der Waals surface area contributed by atoms with Gasteiger partial charge < -0.3 is 5.32 Å². The summed E-state index contributed by atoms with van der Waals surface area (Å²) in [5.74, 6) is 0. The molecule has 0 aromatic carbocycles. The number of hydrogen-bond donors (Lipinski definition) is 1. The van der Waals surface area contributed by atoms with Crippen LogP contribution in [0.3, 0.4) is 0 Å². The average molecular weight is 153 g/mol. The van der Waals surface area contributed by atoms with Gasteiger partial charge in [0.1, 0.15) is 0 Å². The lowest BCUT2D eigenvalue weighted by Crippen LogP contribution is -2.14. The van der Waals surface area contributed by atoms with Gasteiger partial charge in [0.05, 0.1) is 0 Å². The molecule has 0 rings (SSSR count). The van der Waals surface area contributed by atoms with Crippen molar-refractivity contribution in [3.63, 3.8) is 0 Å². The Morgan fingerprint density at radius 2 is 2.09 bits per heavy atom. The maximum absolute atomic E-state index is 3.64. The van der Waals surface area contributed by atoms with Crippen LogP contribution in [0.4, 0.5) is 0 Å². The highest BCUT2D eigenvalue weighted by molar-refractivity contribution is 4.88. The van der Waals surface area contributed by atoms with Crippen LogP contribution < -0.4 is 5.32 Å². The van der Waals surface area contributed by atoms with Crippen LogP contribution in [-0.4, -0.2) is 13.1 Å². The van der Waals surface area contributed by atoms with E-state index in [-0.39, 0.29) is 0 Å². The lowest BCUT2D eigenvalue weighted by atomic mass is 10.3. The number of nitrogens with one attached hydrogen (secondary N) is 1. The van der Waals surface area contributed by atoms with E-state index in [4.69, 9.17) is 0 Å². The number of allylic oxidation sites excluding steroid dienone is 2. The van der Waals surface area contributed by atoms with Gasteiger partial charge in [-0.25, -0.2) is 0 Å². The van der Waals surface area contributed by atoms with E-state index in [1.54, 1.807) is 0 Å². The van der Waals surface area contributed by atoms with Crippen molar-refractivity contribution in [2.45, 2.75) is 26.2 Å². The summed E-state index contributed by atoms with van der Waals surface area (Å²) in [5, 5.41) is 3.33. The van der Waals surface area contributed by atoms with Crippen LogP contribution in [0.5, 0.6) is 0 Å². The Balaban J connectivity index is 2.94. The van der Waals surface area contributed by atoms with Crippen molar-refractivity contribution in [1.29, 1.82) is 0 Å². The molecule has 0 unspecified atom stereocenters. The third-order valence-corrected chi connectivity index (χ3v) is 1.38. The Kier molecular flexibility index (Phi) is 8.96. The Bertz CT molecular complexity index is 105. The molecule has 0 aromatic rings. The summed E-state index contributed by atoms with van der Waals surface area (Å²) in [5.41, 5.74) is 0. The molecule has 1 N–H and O–H groups in total. The molecule has 0 spiro atoms. The molecule has 0 saturated heterocycles. The summed E-state index contributed by atoms with van der Waals surface area (Å²) in [6.07, 6.45) is 9.61. The predicted octanol–water partition coefficient (Wildman–Crippen LogP) is 2.51. The molecule has 0 amide bonds. The molecule has 0 heterocycles. The SMILES string of the molecule is C=CCC=CCCNCCC. The van der Waals surface area contributed by atoms with Crippen molar-refractivity contribution in [3.8, 4) is 0 Å². The van der Waals surface area contributed by atoms with E-state index in [0.29, 0.717) is 0 Å². The fraction of sp³-hybridized carbons (Fsp3) is 0.600. The Morgan fingerprint density at radius 1 is 1.27 bits per heavy atom. The van der Waals surface area contributed by atoms with E-state index in [1.165, 1.54) is 6.42 Å². The van der Waals surface area contributed by atoms with Crippen LogP contribution in [-0.2, 0) is 0 Å². The van der Waals surface area contributed by atoms with E-state index in [0.717, 1.165) is 25.9 Å². The lowest BCUT2D eigenvalue weighted by molar-refractivity contribution is 0.678. The summed E-state index contributed by atoms with van der Waals surface area (Å²) < 4.78 is 0. The van der Waals surface area contributed by atoms with Gasteiger partial charge >= 0.3 is 0 Å². The minimum absolute atomic E-state index is 0.994. The molecular formula is C10H19N. The van der Waals surface area contributed by atoms with Gasteiger partial charge in [-0.2, -0.15) is 0 Å². The zero-order valence-corrected chi connectivity index (χ0v) is 7.47. The zero-order valence-electron chi connectivity index (χ0n) is 7.47.